The van der Waals surface area contributed by atoms with Gasteiger partial charge in [-0.2, -0.15) is 0 Å². The fourth-order valence-corrected chi connectivity index (χ4v) is 4.21. The van der Waals surface area contributed by atoms with E-state index >= 15 is 0 Å². The number of sulfonamides is 1. The Balaban J connectivity index is 1.80. The van der Waals surface area contributed by atoms with E-state index in [0.717, 1.165) is 10.6 Å². The largest absolute Gasteiger partial charge is 0.494 e. The lowest BCUT2D eigenvalue weighted by Gasteiger charge is -2.28. The molecule has 9 heteroatoms. The first kappa shape index (κ1) is 20.8. The summed E-state index contributed by atoms with van der Waals surface area (Å²) >= 11 is 0. The van der Waals surface area contributed by atoms with Crippen LogP contribution in [0.5, 0.6) is 17.2 Å². The molecule has 0 bridgehead atoms. The lowest BCUT2D eigenvalue weighted by Crippen LogP contribution is -2.45. The second-order valence-corrected chi connectivity index (χ2v) is 8.37. The summed E-state index contributed by atoms with van der Waals surface area (Å²) in [5.41, 5.74) is 0.868. The maximum Gasteiger partial charge on any atom is 0.247 e. The quantitative estimate of drug-likeness (QED) is 0.740. The third-order valence-electron chi connectivity index (χ3n) is 4.30. The van der Waals surface area contributed by atoms with Crippen molar-refractivity contribution in [2.45, 2.75) is 19.9 Å². The first-order chi connectivity index (χ1) is 13.8. The number of fused-ring (bicyclic) bond motifs is 1. The van der Waals surface area contributed by atoms with Gasteiger partial charge in [-0.1, -0.05) is 0 Å². The summed E-state index contributed by atoms with van der Waals surface area (Å²) in [6, 6.07) is 10.6. The average Bonchev–Trinajstić information content (AvgIpc) is 2.68. The number of carbonyl (C=O) groups excluding carboxylic acids is 1. The van der Waals surface area contributed by atoms with Gasteiger partial charge in [0.2, 0.25) is 15.9 Å². The van der Waals surface area contributed by atoms with Crippen LogP contribution in [0.15, 0.2) is 42.5 Å². The number of hydrogen-bond donors (Lipinski definition) is 1. The Hall–Kier alpha value is -2.94. The monoisotopic (exact) mass is 420 g/mol. The van der Waals surface area contributed by atoms with Crippen LogP contribution in [0.1, 0.15) is 13.8 Å². The van der Waals surface area contributed by atoms with E-state index in [0.29, 0.717) is 48.4 Å². The van der Waals surface area contributed by atoms with Crippen LogP contribution in [0.4, 0.5) is 11.4 Å². The van der Waals surface area contributed by atoms with Crippen LogP contribution in [-0.2, 0) is 14.8 Å². The molecular weight excluding hydrogens is 396 g/mol. The Morgan fingerprint density at radius 2 is 1.79 bits per heavy atom. The van der Waals surface area contributed by atoms with E-state index in [9.17, 15) is 13.2 Å². The lowest BCUT2D eigenvalue weighted by atomic mass is 10.2. The van der Waals surface area contributed by atoms with Gasteiger partial charge in [0.15, 0.2) is 11.5 Å². The SMILES string of the molecule is CCOc1ccc(N([C@@H](C)C(=O)Nc2ccc3c(c2)OCCO3)S(C)(=O)=O)cc1. The van der Waals surface area contributed by atoms with Gasteiger partial charge in [0.25, 0.3) is 0 Å². The van der Waals surface area contributed by atoms with Gasteiger partial charge in [-0.3, -0.25) is 9.10 Å². The maximum atomic E-state index is 12.8. The summed E-state index contributed by atoms with van der Waals surface area (Å²) in [6.45, 7) is 4.80. The Kier molecular flexibility index (Phi) is 6.17. The van der Waals surface area contributed by atoms with Crippen LogP contribution in [0.25, 0.3) is 0 Å². The molecule has 0 aliphatic carbocycles. The fraction of sp³-hybridized carbons (Fsp3) is 0.350. The highest BCUT2D eigenvalue weighted by atomic mass is 32.2. The highest BCUT2D eigenvalue weighted by molar-refractivity contribution is 7.92. The van der Waals surface area contributed by atoms with Crippen LogP contribution in [-0.4, -0.2) is 46.4 Å². The topological polar surface area (TPSA) is 94.2 Å². The van der Waals surface area contributed by atoms with Crippen LogP contribution in [0, 0.1) is 0 Å². The van der Waals surface area contributed by atoms with E-state index in [2.05, 4.69) is 5.32 Å². The second-order valence-electron chi connectivity index (χ2n) is 6.51. The Bertz CT molecular complexity index is 975. The summed E-state index contributed by atoms with van der Waals surface area (Å²) in [5, 5.41) is 2.74. The van der Waals surface area contributed by atoms with Gasteiger partial charge in [0.05, 0.1) is 18.6 Å². The van der Waals surface area contributed by atoms with Gasteiger partial charge < -0.3 is 19.5 Å². The normalized spacial score (nSPS) is 14.0. The summed E-state index contributed by atoms with van der Waals surface area (Å²) in [7, 11) is -3.71. The van der Waals surface area contributed by atoms with Crippen LogP contribution >= 0.6 is 0 Å². The number of carbonyl (C=O) groups is 1. The number of nitrogens with one attached hydrogen (secondary N) is 1. The molecule has 1 heterocycles. The van der Waals surface area contributed by atoms with E-state index < -0.39 is 22.0 Å². The molecular formula is C20H24N2O6S. The smallest absolute Gasteiger partial charge is 0.247 e. The molecule has 3 rings (SSSR count). The van der Waals surface area contributed by atoms with Crippen LogP contribution in [0.3, 0.4) is 0 Å². The third kappa shape index (κ3) is 4.92. The van der Waals surface area contributed by atoms with Crippen molar-refractivity contribution >= 4 is 27.3 Å². The van der Waals surface area contributed by atoms with Crippen molar-refractivity contribution in [1.29, 1.82) is 0 Å². The molecule has 29 heavy (non-hydrogen) atoms. The molecule has 0 saturated carbocycles. The number of nitrogens with zero attached hydrogens (tertiary/aromatic N) is 1. The molecule has 1 aliphatic rings. The van der Waals surface area contributed by atoms with Gasteiger partial charge in [0.1, 0.15) is 25.0 Å². The number of benzene rings is 2. The summed E-state index contributed by atoms with van der Waals surface area (Å²) < 4.78 is 42.3. The van der Waals surface area contributed by atoms with E-state index in [1.165, 1.54) is 6.92 Å². The first-order valence-corrected chi connectivity index (χ1v) is 11.1. The van der Waals surface area contributed by atoms with Crippen molar-refractivity contribution < 1.29 is 27.4 Å². The van der Waals surface area contributed by atoms with E-state index in [1.807, 2.05) is 6.92 Å². The van der Waals surface area contributed by atoms with Gasteiger partial charge in [-0.15, -0.1) is 0 Å². The molecule has 0 aromatic heterocycles. The van der Waals surface area contributed by atoms with E-state index in [4.69, 9.17) is 14.2 Å². The Morgan fingerprint density at radius 1 is 1.14 bits per heavy atom. The molecule has 0 radical (unpaired) electrons. The minimum Gasteiger partial charge on any atom is -0.494 e. The molecule has 1 aliphatic heterocycles. The standard InChI is InChI=1S/C20H24N2O6S/c1-4-26-17-8-6-16(7-9-17)22(29(3,24)25)14(2)20(23)21-15-5-10-18-19(13-15)28-12-11-27-18/h5-10,13-14H,4,11-12H2,1-3H3,(H,21,23)/t14-/m0/s1. The summed E-state index contributed by atoms with van der Waals surface area (Å²) in [5.74, 6) is 1.29. The van der Waals surface area contributed by atoms with Crippen molar-refractivity contribution in [1.82, 2.24) is 0 Å². The number of amides is 1. The zero-order valence-electron chi connectivity index (χ0n) is 16.5. The highest BCUT2D eigenvalue weighted by Crippen LogP contribution is 2.33. The Morgan fingerprint density at radius 3 is 2.41 bits per heavy atom. The maximum absolute atomic E-state index is 12.8. The fourth-order valence-electron chi connectivity index (χ4n) is 3.03. The summed E-state index contributed by atoms with van der Waals surface area (Å²) in [6.07, 6.45) is 1.07. The predicted molar refractivity (Wildman–Crippen MR) is 110 cm³/mol. The van der Waals surface area contributed by atoms with Crippen molar-refractivity contribution in [3.63, 3.8) is 0 Å². The van der Waals surface area contributed by atoms with Gasteiger partial charge >= 0.3 is 0 Å². The molecule has 2 aromatic rings. The first-order valence-electron chi connectivity index (χ1n) is 9.22. The zero-order valence-corrected chi connectivity index (χ0v) is 17.4. The molecule has 156 valence electrons. The second kappa shape index (κ2) is 8.60. The minimum atomic E-state index is -3.71. The minimum absolute atomic E-state index is 0.376. The van der Waals surface area contributed by atoms with E-state index in [1.54, 1.807) is 42.5 Å². The molecule has 8 nitrogen and oxygen atoms in total. The molecule has 1 amide bonds. The van der Waals surface area contributed by atoms with Crippen LogP contribution < -0.4 is 23.8 Å². The zero-order chi connectivity index (χ0) is 21.0. The third-order valence-corrected chi connectivity index (χ3v) is 5.54. The number of hydrogen-bond acceptors (Lipinski definition) is 6. The Labute approximate surface area is 170 Å². The number of ether oxygens (including phenoxy) is 3. The lowest BCUT2D eigenvalue weighted by molar-refractivity contribution is -0.116. The van der Waals surface area contributed by atoms with Crippen LogP contribution in [0.2, 0.25) is 0 Å². The van der Waals surface area contributed by atoms with Crippen molar-refractivity contribution in [3.05, 3.63) is 42.5 Å². The molecule has 2 aromatic carbocycles. The van der Waals surface area contributed by atoms with Crippen molar-refractivity contribution in [2.24, 2.45) is 0 Å². The van der Waals surface area contributed by atoms with Crippen molar-refractivity contribution in [3.8, 4) is 17.2 Å². The molecule has 0 spiro atoms. The molecule has 1 atom stereocenters. The molecule has 0 unspecified atom stereocenters. The van der Waals surface area contributed by atoms with Gasteiger partial charge in [-0.25, -0.2) is 8.42 Å². The summed E-state index contributed by atoms with van der Waals surface area (Å²) in [4.78, 5) is 12.8. The number of anilines is 2. The predicted octanol–water partition coefficient (Wildman–Crippen LogP) is 2.65. The van der Waals surface area contributed by atoms with Gasteiger partial charge in [-0.05, 0) is 50.2 Å². The van der Waals surface area contributed by atoms with E-state index in [-0.39, 0.29) is 0 Å². The molecule has 0 fully saturated rings. The number of rotatable bonds is 7. The highest BCUT2D eigenvalue weighted by Gasteiger charge is 2.29. The molecule has 0 saturated heterocycles. The van der Waals surface area contributed by atoms with Crippen molar-refractivity contribution in [2.75, 3.05) is 35.7 Å². The molecule has 1 N–H and O–H groups in total. The van der Waals surface area contributed by atoms with Gasteiger partial charge in [0, 0.05) is 11.8 Å². The average molecular weight is 420 g/mol.